The first-order valence-corrected chi connectivity index (χ1v) is 9.16. The number of ether oxygens (including phenoxy) is 1. The van der Waals surface area contributed by atoms with Gasteiger partial charge in [-0.3, -0.25) is 9.69 Å². The Morgan fingerprint density at radius 3 is 2.25 bits per heavy atom. The van der Waals surface area contributed by atoms with Gasteiger partial charge in [0.1, 0.15) is 5.82 Å². The van der Waals surface area contributed by atoms with Crippen LogP contribution in [0.5, 0.6) is 6.01 Å². The summed E-state index contributed by atoms with van der Waals surface area (Å²) in [6.45, 7) is 0. The molecule has 1 aliphatic carbocycles. The summed E-state index contributed by atoms with van der Waals surface area (Å²) in [5.41, 5.74) is 1.56. The predicted molar refractivity (Wildman–Crippen MR) is 103 cm³/mol. The van der Waals surface area contributed by atoms with Crippen molar-refractivity contribution in [1.82, 2.24) is 20.3 Å². The molecule has 0 aliphatic heterocycles. The lowest BCUT2D eigenvalue weighted by molar-refractivity contribution is 0.184. The van der Waals surface area contributed by atoms with Gasteiger partial charge in [-0.25, -0.2) is 19.7 Å². The maximum absolute atomic E-state index is 12.0. The summed E-state index contributed by atoms with van der Waals surface area (Å²) in [5.74, 6) is 0.452. The van der Waals surface area contributed by atoms with Gasteiger partial charge in [-0.1, -0.05) is 0 Å². The highest BCUT2D eigenvalue weighted by atomic mass is 35.5. The van der Waals surface area contributed by atoms with Crippen molar-refractivity contribution in [3.05, 3.63) is 30.7 Å². The number of nitrogens with zero attached hydrogens (tertiary/aromatic N) is 4. The van der Waals surface area contributed by atoms with Gasteiger partial charge in [0.05, 0.1) is 7.11 Å². The zero-order chi connectivity index (χ0) is 20.1. The van der Waals surface area contributed by atoms with E-state index in [2.05, 4.69) is 20.3 Å². The number of halogens is 1. The van der Waals surface area contributed by atoms with Gasteiger partial charge in [0, 0.05) is 41.8 Å². The second-order valence-corrected chi connectivity index (χ2v) is 6.76. The summed E-state index contributed by atoms with van der Waals surface area (Å²) >= 11 is 5.83. The third kappa shape index (κ3) is 4.66. The van der Waals surface area contributed by atoms with Crippen LogP contribution in [0.25, 0.3) is 11.1 Å². The number of rotatable bonds is 5. The lowest BCUT2D eigenvalue weighted by atomic mass is 9.90. The normalized spacial score (nSPS) is 18.9. The quantitative estimate of drug-likeness (QED) is 0.578. The Morgan fingerprint density at radius 1 is 1.11 bits per heavy atom. The van der Waals surface area contributed by atoms with E-state index >= 15 is 0 Å². The minimum absolute atomic E-state index is 0.105. The molecule has 0 bridgehead atoms. The Hall–Kier alpha value is -2.94. The molecule has 1 saturated carbocycles. The number of methoxy groups -OCH3 is 1. The lowest BCUT2D eigenvalue weighted by Crippen LogP contribution is -2.45. The molecule has 0 aromatic carbocycles. The molecule has 1 aliphatic rings. The molecule has 28 heavy (non-hydrogen) atoms. The smallest absolute Gasteiger partial charge is 0.404 e. The topological polar surface area (TPSA) is 118 Å². The van der Waals surface area contributed by atoms with E-state index in [4.69, 9.17) is 21.4 Å². The fraction of sp³-hybridized carbons (Fsp3) is 0.389. The van der Waals surface area contributed by atoms with E-state index in [1.54, 1.807) is 24.7 Å². The molecule has 1 fully saturated rings. The number of anilines is 1. The predicted octanol–water partition coefficient (Wildman–Crippen LogP) is 3.29. The van der Waals surface area contributed by atoms with Gasteiger partial charge in [0.2, 0.25) is 0 Å². The van der Waals surface area contributed by atoms with Crippen LogP contribution in [0, 0.1) is 0 Å². The first-order chi connectivity index (χ1) is 13.5. The van der Waals surface area contributed by atoms with E-state index < -0.39 is 11.5 Å². The maximum Gasteiger partial charge on any atom is 0.404 e. The molecular weight excluding hydrogens is 386 g/mol. The van der Waals surface area contributed by atoms with Gasteiger partial charge in [-0.2, -0.15) is 0 Å². The van der Waals surface area contributed by atoms with Gasteiger partial charge < -0.3 is 15.2 Å². The average Bonchev–Trinajstić information content (AvgIpc) is 2.69. The third-order valence-electron chi connectivity index (χ3n) is 4.72. The number of hydrogen-bond donors (Lipinski definition) is 2. The summed E-state index contributed by atoms with van der Waals surface area (Å²) in [6, 6.07) is 3.59. The molecule has 148 valence electrons. The van der Waals surface area contributed by atoms with Crippen LogP contribution in [0.3, 0.4) is 0 Å². The van der Waals surface area contributed by atoms with Crippen molar-refractivity contribution < 1.29 is 19.4 Å². The van der Waals surface area contributed by atoms with Gasteiger partial charge in [0.15, 0.2) is 0 Å². The second kappa shape index (κ2) is 8.83. The van der Waals surface area contributed by atoms with Crippen molar-refractivity contribution >= 4 is 28.9 Å². The minimum Gasteiger partial charge on any atom is -0.467 e. The number of nitrogens with one attached hydrogen (secondary N) is 1. The van der Waals surface area contributed by atoms with Crippen molar-refractivity contribution in [2.45, 2.75) is 37.8 Å². The third-order valence-corrected chi connectivity index (χ3v) is 4.90. The zero-order valence-electron chi connectivity index (χ0n) is 15.2. The first kappa shape index (κ1) is 19.8. The molecule has 2 N–H and O–H groups in total. The van der Waals surface area contributed by atoms with Crippen LogP contribution in [0.2, 0.25) is 0 Å². The summed E-state index contributed by atoms with van der Waals surface area (Å²) in [4.78, 5) is 36.8. The van der Waals surface area contributed by atoms with Crippen LogP contribution in [0.1, 0.15) is 25.7 Å². The number of amides is 2. The lowest BCUT2D eigenvalue weighted by Gasteiger charge is -2.35. The molecule has 2 amide bonds. The number of aromatic nitrogens is 3. The standard InChI is InChI=1S/C18H20ClN5O4/c1-28-17-21-9-12(10-22-17)11-2-7-15(20-8-11)24(16(19)25)14-5-3-13(4-6-14)23-18(26)27/h2,7-10,13-14,23H,3-6H2,1H3,(H,26,27). The molecule has 2 aromatic rings. The molecule has 0 radical (unpaired) electrons. The monoisotopic (exact) mass is 405 g/mol. The first-order valence-electron chi connectivity index (χ1n) is 8.78. The van der Waals surface area contributed by atoms with Gasteiger partial charge >= 0.3 is 17.5 Å². The second-order valence-electron chi connectivity index (χ2n) is 6.44. The number of carboxylic acid groups (broad SMARTS) is 1. The van der Waals surface area contributed by atoms with Crippen LogP contribution >= 0.6 is 11.6 Å². The highest BCUT2D eigenvalue weighted by molar-refractivity contribution is 6.66. The molecule has 2 heterocycles. The Kier molecular flexibility index (Phi) is 6.25. The van der Waals surface area contributed by atoms with E-state index in [-0.39, 0.29) is 18.1 Å². The van der Waals surface area contributed by atoms with Crippen molar-refractivity contribution in [2.24, 2.45) is 0 Å². The molecular formula is C18H20ClN5O4. The van der Waals surface area contributed by atoms with Crippen molar-refractivity contribution in [3.8, 4) is 17.1 Å². The van der Waals surface area contributed by atoms with E-state index in [0.717, 1.165) is 11.1 Å². The highest BCUT2D eigenvalue weighted by Gasteiger charge is 2.30. The van der Waals surface area contributed by atoms with Crippen molar-refractivity contribution in [1.29, 1.82) is 0 Å². The molecule has 9 nitrogen and oxygen atoms in total. The Labute approximate surface area is 166 Å². The van der Waals surface area contributed by atoms with Crippen LogP contribution in [0.15, 0.2) is 30.7 Å². The van der Waals surface area contributed by atoms with E-state index in [0.29, 0.717) is 31.5 Å². The minimum atomic E-state index is -1.03. The SMILES string of the molecule is COc1ncc(-c2ccc(N(C(=O)Cl)C3CCC(NC(=O)O)CC3)nc2)cn1. The summed E-state index contributed by atoms with van der Waals surface area (Å²) in [7, 11) is 1.49. The number of carbonyl (C=O) groups excluding carboxylic acids is 1. The van der Waals surface area contributed by atoms with E-state index in [1.165, 1.54) is 12.0 Å². The molecule has 0 spiro atoms. The molecule has 0 unspecified atom stereocenters. The van der Waals surface area contributed by atoms with Crippen molar-refractivity contribution in [2.75, 3.05) is 12.0 Å². The Balaban J connectivity index is 1.72. The van der Waals surface area contributed by atoms with Crippen LogP contribution < -0.4 is 15.0 Å². The Bertz CT molecular complexity index is 823. The van der Waals surface area contributed by atoms with Crippen LogP contribution in [-0.2, 0) is 0 Å². The van der Waals surface area contributed by atoms with E-state index in [9.17, 15) is 9.59 Å². The molecule has 10 heteroatoms. The van der Waals surface area contributed by atoms with Gasteiger partial charge in [-0.15, -0.1) is 0 Å². The molecule has 2 aromatic heterocycles. The maximum atomic E-state index is 12.0. The summed E-state index contributed by atoms with van der Waals surface area (Å²) < 4.78 is 4.94. The largest absolute Gasteiger partial charge is 0.467 e. The molecule has 0 saturated heterocycles. The number of hydrogen-bond acceptors (Lipinski definition) is 6. The molecule has 3 rings (SSSR count). The van der Waals surface area contributed by atoms with Crippen LogP contribution in [-0.4, -0.2) is 50.7 Å². The molecule has 0 atom stereocenters. The fourth-order valence-electron chi connectivity index (χ4n) is 3.34. The van der Waals surface area contributed by atoms with E-state index in [1.807, 2.05) is 6.07 Å². The Morgan fingerprint density at radius 2 is 1.75 bits per heavy atom. The van der Waals surface area contributed by atoms with Gasteiger partial charge in [-0.05, 0) is 49.4 Å². The average molecular weight is 406 g/mol. The fourth-order valence-corrected chi connectivity index (χ4v) is 3.57. The zero-order valence-corrected chi connectivity index (χ0v) is 16.0. The van der Waals surface area contributed by atoms with Crippen LogP contribution in [0.4, 0.5) is 15.4 Å². The highest BCUT2D eigenvalue weighted by Crippen LogP contribution is 2.29. The van der Waals surface area contributed by atoms with Crippen molar-refractivity contribution in [3.63, 3.8) is 0 Å². The van der Waals surface area contributed by atoms with Gasteiger partial charge in [0.25, 0.3) is 0 Å². The number of carbonyl (C=O) groups is 2. The number of pyridine rings is 1. The summed E-state index contributed by atoms with van der Waals surface area (Å²) in [5, 5.41) is 10.7. The summed E-state index contributed by atoms with van der Waals surface area (Å²) in [6.07, 6.45) is 6.41.